The first kappa shape index (κ1) is 16.7. The lowest BCUT2D eigenvalue weighted by molar-refractivity contribution is -0.0676. The lowest BCUT2D eigenvalue weighted by Gasteiger charge is -2.37. The Bertz CT molecular complexity index is 320. The summed E-state index contributed by atoms with van der Waals surface area (Å²) in [7, 11) is 0. The van der Waals surface area contributed by atoms with Crippen molar-refractivity contribution in [2.45, 2.75) is 82.6 Å². The van der Waals surface area contributed by atoms with E-state index in [4.69, 9.17) is 9.47 Å². The van der Waals surface area contributed by atoms with Crippen LogP contribution in [0.3, 0.4) is 0 Å². The van der Waals surface area contributed by atoms with Gasteiger partial charge in [-0.25, -0.2) is 0 Å². The highest BCUT2D eigenvalue weighted by atomic mass is 16.5. The molecule has 0 amide bonds. The third kappa shape index (κ3) is 4.92. The van der Waals surface area contributed by atoms with Crippen LogP contribution in [0.5, 0.6) is 0 Å². The molecule has 3 aliphatic rings. The van der Waals surface area contributed by atoms with Gasteiger partial charge in [-0.15, -0.1) is 0 Å². The van der Waals surface area contributed by atoms with Crippen molar-refractivity contribution < 1.29 is 14.6 Å². The van der Waals surface area contributed by atoms with Crippen LogP contribution in [-0.2, 0) is 9.47 Å². The molecule has 1 saturated heterocycles. The molecule has 3 rings (SSSR count). The van der Waals surface area contributed by atoms with Crippen LogP contribution >= 0.6 is 0 Å². The third-order valence-electron chi connectivity index (χ3n) is 5.58. The Morgan fingerprint density at radius 3 is 2.18 bits per heavy atom. The summed E-state index contributed by atoms with van der Waals surface area (Å²) >= 11 is 0. The predicted octanol–water partition coefficient (Wildman–Crippen LogP) is 2.59. The van der Waals surface area contributed by atoms with Crippen molar-refractivity contribution in [3.63, 3.8) is 0 Å². The Hall–Kier alpha value is -0.160. The molecule has 2 saturated carbocycles. The molecule has 1 atom stereocenters. The van der Waals surface area contributed by atoms with Crippen molar-refractivity contribution in [2.24, 2.45) is 5.92 Å². The van der Waals surface area contributed by atoms with E-state index in [0.717, 1.165) is 44.6 Å². The Morgan fingerprint density at radius 2 is 1.59 bits per heavy atom. The van der Waals surface area contributed by atoms with Gasteiger partial charge in [-0.05, 0) is 57.3 Å². The second-order valence-corrected chi connectivity index (χ2v) is 7.64. The molecule has 22 heavy (non-hydrogen) atoms. The molecule has 0 spiro atoms. The number of nitrogens with zero attached hydrogens (tertiary/aromatic N) is 1. The molecule has 3 fully saturated rings. The summed E-state index contributed by atoms with van der Waals surface area (Å²) in [5, 5.41) is 10.4. The maximum absolute atomic E-state index is 10.4. The van der Waals surface area contributed by atoms with Crippen LogP contribution in [-0.4, -0.2) is 60.7 Å². The SMILES string of the molecule is CC1CCC(N(CC(O)COC2CCOCC2)C2CC2)CC1. The van der Waals surface area contributed by atoms with Gasteiger partial charge in [0.2, 0.25) is 0 Å². The minimum atomic E-state index is -0.345. The lowest BCUT2D eigenvalue weighted by atomic mass is 9.86. The zero-order valence-corrected chi connectivity index (χ0v) is 14.1. The Morgan fingerprint density at radius 1 is 1.00 bits per heavy atom. The fourth-order valence-corrected chi connectivity index (χ4v) is 3.96. The van der Waals surface area contributed by atoms with Crippen molar-refractivity contribution in [1.82, 2.24) is 4.90 Å². The van der Waals surface area contributed by atoms with Gasteiger partial charge in [0.05, 0.1) is 18.8 Å². The third-order valence-corrected chi connectivity index (χ3v) is 5.58. The standard InChI is InChI=1S/C18H33NO3/c1-14-2-4-15(5-3-14)19(16-6-7-16)12-17(20)13-22-18-8-10-21-11-9-18/h14-18,20H,2-13H2,1H3. The maximum atomic E-state index is 10.4. The van der Waals surface area contributed by atoms with E-state index in [1.807, 2.05) is 0 Å². The van der Waals surface area contributed by atoms with Crippen LogP contribution < -0.4 is 0 Å². The molecular formula is C18H33NO3. The van der Waals surface area contributed by atoms with Gasteiger partial charge in [0, 0.05) is 31.8 Å². The summed E-state index contributed by atoms with van der Waals surface area (Å²) in [4.78, 5) is 2.60. The lowest BCUT2D eigenvalue weighted by Crippen LogP contribution is -2.45. The highest BCUT2D eigenvalue weighted by molar-refractivity contribution is 4.91. The van der Waals surface area contributed by atoms with Gasteiger partial charge in [-0.3, -0.25) is 4.90 Å². The van der Waals surface area contributed by atoms with Crippen LogP contribution in [0.1, 0.15) is 58.3 Å². The van der Waals surface area contributed by atoms with Crippen LogP contribution in [0.4, 0.5) is 0 Å². The molecule has 128 valence electrons. The number of ether oxygens (including phenoxy) is 2. The van der Waals surface area contributed by atoms with E-state index >= 15 is 0 Å². The Labute approximate surface area is 135 Å². The van der Waals surface area contributed by atoms with Gasteiger partial charge >= 0.3 is 0 Å². The van der Waals surface area contributed by atoms with Crippen LogP contribution in [0.2, 0.25) is 0 Å². The van der Waals surface area contributed by atoms with Gasteiger partial charge < -0.3 is 14.6 Å². The fourth-order valence-electron chi connectivity index (χ4n) is 3.96. The van der Waals surface area contributed by atoms with E-state index in [0.29, 0.717) is 12.6 Å². The summed E-state index contributed by atoms with van der Waals surface area (Å²) < 4.78 is 11.2. The van der Waals surface area contributed by atoms with E-state index in [-0.39, 0.29) is 12.2 Å². The first-order valence-electron chi connectivity index (χ1n) is 9.35. The molecule has 1 N–H and O–H groups in total. The van der Waals surface area contributed by atoms with Gasteiger partial charge in [0.1, 0.15) is 0 Å². The zero-order chi connectivity index (χ0) is 15.4. The number of hydrogen-bond donors (Lipinski definition) is 1. The molecule has 0 bridgehead atoms. The second kappa shape index (κ2) is 8.09. The maximum Gasteiger partial charge on any atom is 0.0900 e. The van der Waals surface area contributed by atoms with Gasteiger partial charge in [-0.2, -0.15) is 0 Å². The molecule has 0 aromatic heterocycles. The Balaban J connectivity index is 1.42. The van der Waals surface area contributed by atoms with Crippen molar-refractivity contribution >= 4 is 0 Å². The van der Waals surface area contributed by atoms with E-state index in [1.54, 1.807) is 0 Å². The summed E-state index contributed by atoms with van der Waals surface area (Å²) in [6.07, 6.45) is 9.84. The quantitative estimate of drug-likeness (QED) is 0.785. The summed E-state index contributed by atoms with van der Waals surface area (Å²) in [5.41, 5.74) is 0. The number of rotatable bonds is 7. The van der Waals surface area contributed by atoms with Crippen LogP contribution in [0.25, 0.3) is 0 Å². The first-order chi connectivity index (χ1) is 10.7. The van der Waals surface area contributed by atoms with Gasteiger partial charge in [0.15, 0.2) is 0 Å². The number of aliphatic hydroxyl groups excluding tert-OH is 1. The number of hydrogen-bond acceptors (Lipinski definition) is 4. The van der Waals surface area contributed by atoms with Crippen LogP contribution in [0, 0.1) is 5.92 Å². The first-order valence-corrected chi connectivity index (χ1v) is 9.35. The normalized spacial score (nSPS) is 32.3. The molecule has 2 aliphatic carbocycles. The van der Waals surface area contributed by atoms with Crippen molar-refractivity contribution in [2.75, 3.05) is 26.4 Å². The molecular weight excluding hydrogens is 278 g/mol. The molecule has 4 heteroatoms. The van der Waals surface area contributed by atoms with Gasteiger partial charge in [0.25, 0.3) is 0 Å². The molecule has 1 aliphatic heterocycles. The monoisotopic (exact) mass is 311 g/mol. The minimum absolute atomic E-state index is 0.285. The molecule has 1 heterocycles. The molecule has 4 nitrogen and oxygen atoms in total. The zero-order valence-electron chi connectivity index (χ0n) is 14.1. The van der Waals surface area contributed by atoms with Crippen molar-refractivity contribution in [1.29, 1.82) is 0 Å². The highest BCUT2D eigenvalue weighted by Crippen LogP contribution is 2.35. The molecule has 0 aromatic carbocycles. The summed E-state index contributed by atoms with van der Waals surface area (Å²) in [5.74, 6) is 0.888. The topological polar surface area (TPSA) is 41.9 Å². The highest BCUT2D eigenvalue weighted by Gasteiger charge is 2.36. The predicted molar refractivity (Wildman–Crippen MR) is 86.9 cm³/mol. The largest absolute Gasteiger partial charge is 0.389 e. The van der Waals surface area contributed by atoms with Gasteiger partial charge in [-0.1, -0.05) is 6.92 Å². The summed E-state index contributed by atoms with van der Waals surface area (Å²) in [6.45, 7) is 5.25. The molecule has 0 radical (unpaired) electrons. The van der Waals surface area contributed by atoms with E-state index in [1.165, 1.54) is 38.5 Å². The fraction of sp³-hybridized carbons (Fsp3) is 1.00. The molecule has 0 aromatic rings. The average molecular weight is 311 g/mol. The Kier molecular flexibility index (Phi) is 6.14. The average Bonchev–Trinajstić information content (AvgIpc) is 3.37. The molecule has 1 unspecified atom stereocenters. The smallest absolute Gasteiger partial charge is 0.0900 e. The van der Waals surface area contributed by atoms with E-state index in [2.05, 4.69) is 11.8 Å². The second-order valence-electron chi connectivity index (χ2n) is 7.64. The van der Waals surface area contributed by atoms with Crippen molar-refractivity contribution in [3.8, 4) is 0 Å². The number of aliphatic hydroxyl groups is 1. The van der Waals surface area contributed by atoms with E-state index < -0.39 is 0 Å². The minimum Gasteiger partial charge on any atom is -0.389 e. The van der Waals surface area contributed by atoms with E-state index in [9.17, 15) is 5.11 Å². The van der Waals surface area contributed by atoms with Crippen LogP contribution in [0.15, 0.2) is 0 Å². The summed E-state index contributed by atoms with van der Waals surface area (Å²) in [6, 6.07) is 1.43. The van der Waals surface area contributed by atoms with Crippen molar-refractivity contribution in [3.05, 3.63) is 0 Å².